The minimum Gasteiger partial charge on any atom is -0.383 e. The van der Waals surface area contributed by atoms with Gasteiger partial charge in [-0.3, -0.25) is 0 Å². The third-order valence-corrected chi connectivity index (χ3v) is 3.09. The Kier molecular flexibility index (Phi) is 7.36. The number of alkyl halides is 1. The first-order valence-corrected chi connectivity index (χ1v) is 6.30. The van der Waals surface area contributed by atoms with Gasteiger partial charge < -0.3 is 14.8 Å². The van der Waals surface area contributed by atoms with E-state index in [-0.39, 0.29) is 6.04 Å². The fourth-order valence-corrected chi connectivity index (χ4v) is 2.07. The number of hydrogen-bond donors (Lipinski definition) is 1. The molecule has 2 unspecified atom stereocenters. The number of halogens is 1. The molecule has 1 saturated heterocycles. The predicted molar refractivity (Wildman–Crippen MR) is 62.6 cm³/mol. The number of methoxy groups -OCH3 is 1. The first kappa shape index (κ1) is 13.2. The van der Waals surface area contributed by atoms with Gasteiger partial charge in [0.15, 0.2) is 0 Å². The third-order valence-electron chi connectivity index (χ3n) is 2.71. The van der Waals surface area contributed by atoms with Crippen LogP contribution in [0.3, 0.4) is 0 Å². The van der Waals surface area contributed by atoms with Crippen molar-refractivity contribution in [1.29, 1.82) is 0 Å². The Balaban J connectivity index is 1.94. The molecule has 0 saturated carbocycles. The maximum absolute atomic E-state index is 5.79. The number of ether oxygens (including phenoxy) is 2. The van der Waals surface area contributed by atoms with Crippen molar-refractivity contribution in [2.75, 3.05) is 32.7 Å². The molecule has 0 aromatic carbocycles. The van der Waals surface area contributed by atoms with E-state index in [1.807, 2.05) is 0 Å². The molecule has 0 spiro atoms. The van der Waals surface area contributed by atoms with Gasteiger partial charge in [0.2, 0.25) is 0 Å². The molecule has 0 radical (unpaired) electrons. The standard InChI is InChI=1S/C11H22ClNO2/c1-14-9-10(8-12)13-6-2-4-11-5-3-7-15-11/h10-11,13H,2-9H2,1H3. The zero-order valence-corrected chi connectivity index (χ0v) is 10.3. The Morgan fingerprint density at radius 1 is 1.60 bits per heavy atom. The second-order valence-corrected chi connectivity index (χ2v) is 4.35. The van der Waals surface area contributed by atoms with Gasteiger partial charge in [-0.15, -0.1) is 11.6 Å². The summed E-state index contributed by atoms with van der Waals surface area (Å²) in [5.74, 6) is 0.605. The quantitative estimate of drug-likeness (QED) is 0.514. The van der Waals surface area contributed by atoms with Gasteiger partial charge >= 0.3 is 0 Å². The van der Waals surface area contributed by atoms with E-state index in [4.69, 9.17) is 21.1 Å². The van der Waals surface area contributed by atoms with E-state index in [2.05, 4.69) is 5.32 Å². The summed E-state index contributed by atoms with van der Waals surface area (Å²) in [5.41, 5.74) is 0. The zero-order valence-electron chi connectivity index (χ0n) is 9.51. The second kappa shape index (κ2) is 8.34. The summed E-state index contributed by atoms with van der Waals surface area (Å²) in [7, 11) is 1.70. The minimum atomic E-state index is 0.279. The lowest BCUT2D eigenvalue weighted by Gasteiger charge is -2.15. The number of hydrogen-bond acceptors (Lipinski definition) is 3. The van der Waals surface area contributed by atoms with Crippen LogP contribution in [0.5, 0.6) is 0 Å². The van der Waals surface area contributed by atoms with Gasteiger partial charge in [-0.2, -0.15) is 0 Å². The normalized spacial score (nSPS) is 23.2. The highest BCUT2D eigenvalue weighted by atomic mass is 35.5. The minimum absolute atomic E-state index is 0.279. The van der Waals surface area contributed by atoms with E-state index >= 15 is 0 Å². The molecule has 1 aliphatic rings. The second-order valence-electron chi connectivity index (χ2n) is 4.04. The van der Waals surface area contributed by atoms with Crippen molar-refractivity contribution < 1.29 is 9.47 Å². The van der Waals surface area contributed by atoms with Crippen molar-refractivity contribution in [2.45, 2.75) is 37.8 Å². The van der Waals surface area contributed by atoms with E-state index in [9.17, 15) is 0 Å². The smallest absolute Gasteiger partial charge is 0.0627 e. The van der Waals surface area contributed by atoms with Crippen LogP contribution in [0.4, 0.5) is 0 Å². The molecular formula is C11H22ClNO2. The molecule has 3 nitrogen and oxygen atoms in total. The van der Waals surface area contributed by atoms with Crippen molar-refractivity contribution in [2.24, 2.45) is 0 Å². The topological polar surface area (TPSA) is 30.5 Å². The van der Waals surface area contributed by atoms with E-state index in [0.717, 1.165) is 26.0 Å². The van der Waals surface area contributed by atoms with Gasteiger partial charge in [0.05, 0.1) is 12.7 Å². The summed E-state index contributed by atoms with van der Waals surface area (Å²) >= 11 is 5.79. The van der Waals surface area contributed by atoms with Gasteiger partial charge in [-0.05, 0) is 32.2 Å². The molecule has 4 heteroatoms. The summed E-state index contributed by atoms with van der Waals surface area (Å²) in [6, 6.07) is 0.279. The summed E-state index contributed by atoms with van der Waals surface area (Å²) in [5, 5.41) is 3.38. The average molecular weight is 236 g/mol. The largest absolute Gasteiger partial charge is 0.383 e. The number of rotatable bonds is 8. The van der Waals surface area contributed by atoms with E-state index in [1.54, 1.807) is 7.11 Å². The van der Waals surface area contributed by atoms with Crippen LogP contribution in [0.25, 0.3) is 0 Å². The maximum Gasteiger partial charge on any atom is 0.0627 e. The lowest BCUT2D eigenvalue weighted by atomic mass is 10.1. The van der Waals surface area contributed by atoms with Crippen LogP contribution >= 0.6 is 11.6 Å². The molecule has 1 aliphatic heterocycles. The highest BCUT2D eigenvalue weighted by Crippen LogP contribution is 2.16. The van der Waals surface area contributed by atoms with Crippen LogP contribution < -0.4 is 5.32 Å². The van der Waals surface area contributed by atoms with Gasteiger partial charge in [0.25, 0.3) is 0 Å². The highest BCUT2D eigenvalue weighted by molar-refractivity contribution is 6.18. The van der Waals surface area contributed by atoms with E-state index < -0.39 is 0 Å². The Labute approximate surface area is 97.5 Å². The van der Waals surface area contributed by atoms with Crippen LogP contribution in [0.15, 0.2) is 0 Å². The van der Waals surface area contributed by atoms with Crippen molar-refractivity contribution in [3.63, 3.8) is 0 Å². The molecular weight excluding hydrogens is 214 g/mol. The first-order valence-electron chi connectivity index (χ1n) is 5.76. The maximum atomic E-state index is 5.79. The summed E-state index contributed by atoms with van der Waals surface area (Å²) in [6.45, 7) is 2.64. The Bertz CT molecular complexity index is 152. The van der Waals surface area contributed by atoms with Crippen LogP contribution in [0.2, 0.25) is 0 Å². The highest BCUT2D eigenvalue weighted by Gasteiger charge is 2.14. The zero-order chi connectivity index (χ0) is 10.9. The summed E-state index contributed by atoms with van der Waals surface area (Å²) < 4.78 is 10.6. The van der Waals surface area contributed by atoms with Crippen molar-refractivity contribution in [1.82, 2.24) is 5.32 Å². The van der Waals surface area contributed by atoms with Crippen LogP contribution in [0.1, 0.15) is 25.7 Å². The van der Waals surface area contributed by atoms with Gasteiger partial charge in [-0.1, -0.05) is 0 Å². The monoisotopic (exact) mass is 235 g/mol. The summed E-state index contributed by atoms with van der Waals surface area (Å²) in [4.78, 5) is 0. The average Bonchev–Trinajstić information content (AvgIpc) is 2.75. The van der Waals surface area contributed by atoms with Gasteiger partial charge in [0.1, 0.15) is 0 Å². The molecule has 0 bridgehead atoms. The Hall–Kier alpha value is 0.170. The van der Waals surface area contributed by atoms with Crippen LogP contribution in [-0.2, 0) is 9.47 Å². The molecule has 0 amide bonds. The lowest BCUT2D eigenvalue weighted by Crippen LogP contribution is -2.35. The third kappa shape index (κ3) is 5.71. The lowest BCUT2D eigenvalue weighted by molar-refractivity contribution is 0.102. The van der Waals surface area contributed by atoms with Gasteiger partial charge in [-0.25, -0.2) is 0 Å². The van der Waals surface area contributed by atoms with Crippen molar-refractivity contribution in [3.05, 3.63) is 0 Å². The predicted octanol–water partition coefficient (Wildman–Crippen LogP) is 1.79. The molecule has 1 rings (SSSR count). The SMILES string of the molecule is COCC(CCl)NCCCC1CCCO1. The Morgan fingerprint density at radius 2 is 2.47 bits per heavy atom. The molecule has 0 aromatic heterocycles. The van der Waals surface area contributed by atoms with Gasteiger partial charge in [0, 0.05) is 25.6 Å². The molecule has 0 aromatic rings. The molecule has 0 aliphatic carbocycles. The molecule has 15 heavy (non-hydrogen) atoms. The van der Waals surface area contributed by atoms with E-state index in [1.165, 1.54) is 12.8 Å². The van der Waals surface area contributed by atoms with Crippen LogP contribution in [-0.4, -0.2) is 44.9 Å². The Morgan fingerprint density at radius 3 is 3.07 bits per heavy atom. The fraction of sp³-hybridized carbons (Fsp3) is 1.00. The molecule has 1 heterocycles. The first-order chi connectivity index (χ1) is 7.36. The van der Waals surface area contributed by atoms with Crippen molar-refractivity contribution >= 4 is 11.6 Å². The summed E-state index contributed by atoms with van der Waals surface area (Å²) in [6.07, 6.45) is 5.28. The van der Waals surface area contributed by atoms with E-state index in [0.29, 0.717) is 18.6 Å². The van der Waals surface area contributed by atoms with Crippen LogP contribution in [0, 0.1) is 0 Å². The van der Waals surface area contributed by atoms with Crippen molar-refractivity contribution in [3.8, 4) is 0 Å². The molecule has 1 N–H and O–H groups in total. The molecule has 2 atom stereocenters. The number of nitrogens with one attached hydrogen (secondary N) is 1. The fourth-order valence-electron chi connectivity index (χ4n) is 1.87. The molecule has 1 fully saturated rings. The molecule has 90 valence electrons.